The van der Waals surface area contributed by atoms with Gasteiger partial charge in [-0.2, -0.15) is 0 Å². The molecule has 0 saturated heterocycles. The molecule has 0 fully saturated rings. The maximum atomic E-state index is 3.83. The molecule has 20 heavy (non-hydrogen) atoms. The second kappa shape index (κ2) is 6.25. The van der Waals surface area contributed by atoms with Crippen LogP contribution in [-0.4, -0.2) is 60.1 Å². The van der Waals surface area contributed by atoms with E-state index in [-0.39, 0.29) is 0 Å². The Labute approximate surface area is 122 Å². The number of nitrogens with one attached hydrogen (secondary N) is 2. The Kier molecular flexibility index (Phi) is 4.63. The van der Waals surface area contributed by atoms with Crippen LogP contribution >= 0.6 is 0 Å². The van der Waals surface area contributed by atoms with Crippen molar-refractivity contribution < 1.29 is 9.15 Å². The van der Waals surface area contributed by atoms with Gasteiger partial charge in [0.05, 0.1) is 26.9 Å². The summed E-state index contributed by atoms with van der Waals surface area (Å²) in [5.74, 6) is 3.18. The van der Waals surface area contributed by atoms with Crippen LogP contribution in [0.15, 0.2) is 25.3 Å². The minimum Gasteiger partial charge on any atom is -0.274 e. The summed E-state index contributed by atoms with van der Waals surface area (Å²) in [6.07, 6.45) is 5.77. The lowest BCUT2D eigenvalue weighted by molar-refractivity contribution is -0.576. The van der Waals surface area contributed by atoms with E-state index in [0.717, 1.165) is 25.9 Å². The Balaban J connectivity index is 2.11. The summed E-state index contributed by atoms with van der Waals surface area (Å²) in [5, 5.41) is 7.04. The van der Waals surface area contributed by atoms with Crippen LogP contribution in [0.3, 0.4) is 0 Å². The molecular formula is C16H28N4+2. The van der Waals surface area contributed by atoms with Gasteiger partial charge in [-0.15, -0.1) is 13.2 Å². The van der Waals surface area contributed by atoms with E-state index in [0.29, 0.717) is 18.0 Å². The molecule has 2 rings (SSSR count). The van der Waals surface area contributed by atoms with Crippen LogP contribution in [0.25, 0.3) is 0 Å². The van der Waals surface area contributed by atoms with Gasteiger partial charge in [0.15, 0.2) is 0 Å². The lowest BCUT2D eigenvalue weighted by Crippen LogP contribution is -2.42. The van der Waals surface area contributed by atoms with E-state index in [1.165, 1.54) is 11.7 Å². The average molecular weight is 276 g/mol. The second-order valence-electron chi connectivity index (χ2n) is 5.86. The number of hydrogen-bond donors (Lipinski definition) is 2. The Morgan fingerprint density at radius 2 is 1.45 bits per heavy atom. The Hall–Kier alpha value is -1.58. The number of hydrogen-bond acceptors (Lipinski definition) is 2. The van der Waals surface area contributed by atoms with Crippen LogP contribution in [0.4, 0.5) is 0 Å². The quantitative estimate of drug-likeness (QED) is 0.555. The van der Waals surface area contributed by atoms with E-state index >= 15 is 0 Å². The molecule has 2 aliphatic heterocycles. The molecule has 0 radical (unpaired) electrons. The first-order valence-electron chi connectivity index (χ1n) is 7.47. The normalized spacial score (nSPS) is 27.4. The molecule has 2 aliphatic rings. The van der Waals surface area contributed by atoms with Crippen molar-refractivity contribution >= 4 is 11.7 Å². The molecule has 0 bridgehead atoms. The van der Waals surface area contributed by atoms with Gasteiger partial charge >= 0.3 is 0 Å². The lowest BCUT2D eigenvalue weighted by Gasteiger charge is -2.22. The first-order chi connectivity index (χ1) is 9.60. The largest absolute Gasteiger partial charge is 0.274 e. The van der Waals surface area contributed by atoms with E-state index in [4.69, 9.17) is 0 Å². The van der Waals surface area contributed by atoms with Crippen LogP contribution in [0, 0.1) is 5.92 Å². The molecular weight excluding hydrogens is 248 g/mol. The molecule has 0 saturated carbocycles. The predicted molar refractivity (Wildman–Crippen MR) is 84.8 cm³/mol. The van der Waals surface area contributed by atoms with E-state index < -0.39 is 0 Å². The zero-order chi connectivity index (χ0) is 14.7. The Morgan fingerprint density at radius 3 is 1.80 bits per heavy atom. The van der Waals surface area contributed by atoms with Gasteiger partial charge in [0.25, 0.3) is 0 Å². The Morgan fingerprint density at radius 1 is 1.05 bits per heavy atom. The fourth-order valence-electron chi connectivity index (χ4n) is 3.41. The molecule has 2 unspecified atom stereocenters. The molecule has 2 atom stereocenters. The summed E-state index contributed by atoms with van der Waals surface area (Å²) in [7, 11) is 4.38. The monoisotopic (exact) mass is 276 g/mol. The average Bonchev–Trinajstić information content (AvgIpc) is 2.96. The third kappa shape index (κ3) is 2.65. The molecule has 0 aliphatic carbocycles. The fraction of sp³-hybridized carbons (Fsp3) is 0.625. The van der Waals surface area contributed by atoms with Crippen molar-refractivity contribution in [1.82, 2.24) is 10.6 Å². The number of amidine groups is 2. The van der Waals surface area contributed by atoms with Crippen molar-refractivity contribution in [2.75, 3.05) is 27.2 Å². The molecule has 0 aromatic heterocycles. The van der Waals surface area contributed by atoms with Crippen LogP contribution < -0.4 is 10.6 Å². The summed E-state index contributed by atoms with van der Waals surface area (Å²) in [6, 6.07) is 1.09. The second-order valence-corrected chi connectivity index (χ2v) is 5.86. The Bertz CT molecular complexity index is 419. The molecule has 0 aromatic rings. The van der Waals surface area contributed by atoms with Gasteiger partial charge in [0.1, 0.15) is 25.2 Å². The van der Waals surface area contributed by atoms with Crippen LogP contribution in [0.2, 0.25) is 0 Å². The minimum atomic E-state index is 0.544. The van der Waals surface area contributed by atoms with Gasteiger partial charge in [-0.3, -0.25) is 19.8 Å². The van der Waals surface area contributed by atoms with Crippen LogP contribution in [0.5, 0.6) is 0 Å². The first kappa shape index (κ1) is 14.8. The number of nitrogens with zero attached hydrogens (tertiary/aromatic N) is 2. The number of rotatable bonds is 6. The molecule has 0 aromatic carbocycles. The van der Waals surface area contributed by atoms with Gasteiger partial charge in [-0.25, -0.2) is 0 Å². The molecule has 4 heteroatoms. The topological polar surface area (TPSA) is 30.1 Å². The summed E-state index contributed by atoms with van der Waals surface area (Å²) >= 11 is 0. The summed E-state index contributed by atoms with van der Waals surface area (Å²) in [6.45, 7) is 12.1. The van der Waals surface area contributed by atoms with Gasteiger partial charge in [0.2, 0.25) is 11.7 Å². The molecule has 0 amide bonds. The summed E-state index contributed by atoms with van der Waals surface area (Å²) < 4.78 is 4.79. The van der Waals surface area contributed by atoms with Gasteiger partial charge in [0, 0.05) is 5.92 Å². The van der Waals surface area contributed by atoms with E-state index in [2.05, 4.69) is 54.0 Å². The lowest BCUT2D eigenvalue weighted by atomic mass is 9.93. The third-order valence-corrected chi connectivity index (χ3v) is 4.77. The maximum absolute atomic E-state index is 3.83. The number of likely N-dealkylation sites (N-methyl/N-ethyl adjacent to an activating group) is 2. The zero-order valence-electron chi connectivity index (χ0n) is 13.0. The first-order valence-corrected chi connectivity index (χ1v) is 7.47. The van der Waals surface area contributed by atoms with Crippen molar-refractivity contribution in [3.8, 4) is 0 Å². The van der Waals surface area contributed by atoms with Crippen molar-refractivity contribution in [2.45, 2.75) is 31.8 Å². The van der Waals surface area contributed by atoms with Crippen molar-refractivity contribution in [3.05, 3.63) is 25.3 Å². The fourth-order valence-corrected chi connectivity index (χ4v) is 3.41. The van der Waals surface area contributed by atoms with Crippen LogP contribution in [-0.2, 0) is 0 Å². The zero-order valence-corrected chi connectivity index (χ0v) is 13.0. The molecule has 2 N–H and O–H groups in total. The molecule has 0 spiro atoms. The SMILES string of the molecule is C=CCC1=[N+](C)C(C(C)C2CNC(CC=C)=[N+]2C)CN1. The van der Waals surface area contributed by atoms with Crippen LogP contribution in [0.1, 0.15) is 19.8 Å². The molecule has 2 heterocycles. The maximum Gasteiger partial charge on any atom is 0.248 e. The van der Waals surface area contributed by atoms with Crippen molar-refractivity contribution in [3.63, 3.8) is 0 Å². The predicted octanol–water partition coefficient (Wildman–Crippen LogP) is 0.800. The smallest absolute Gasteiger partial charge is 0.248 e. The van der Waals surface area contributed by atoms with E-state index in [1.807, 2.05) is 12.2 Å². The van der Waals surface area contributed by atoms with Gasteiger partial charge < -0.3 is 0 Å². The highest BCUT2D eigenvalue weighted by Gasteiger charge is 2.42. The highest BCUT2D eigenvalue weighted by atomic mass is 15.2. The van der Waals surface area contributed by atoms with E-state index in [9.17, 15) is 0 Å². The van der Waals surface area contributed by atoms with E-state index in [1.54, 1.807) is 0 Å². The molecule has 110 valence electrons. The standard InChI is InChI=1S/C16H26N4/c1-6-8-15-17-10-13(19(15)4)12(3)14-11-18-16(9-7-2)20(14)5/h6-7,12-14H,1-2,8-11H2,3-5H3/p+2. The third-order valence-electron chi connectivity index (χ3n) is 4.77. The highest BCUT2D eigenvalue weighted by Crippen LogP contribution is 2.19. The minimum absolute atomic E-state index is 0.544. The molecule has 4 nitrogen and oxygen atoms in total. The van der Waals surface area contributed by atoms with Crippen molar-refractivity contribution in [1.29, 1.82) is 0 Å². The van der Waals surface area contributed by atoms with Crippen molar-refractivity contribution in [2.24, 2.45) is 5.92 Å². The summed E-state index contributed by atoms with van der Waals surface area (Å²) in [5.41, 5.74) is 0. The highest BCUT2D eigenvalue weighted by molar-refractivity contribution is 5.80. The van der Waals surface area contributed by atoms with Gasteiger partial charge in [-0.1, -0.05) is 19.1 Å². The summed E-state index contributed by atoms with van der Waals surface area (Å²) in [4.78, 5) is 0. The van der Waals surface area contributed by atoms with Gasteiger partial charge in [-0.05, 0) is 0 Å².